The van der Waals surface area contributed by atoms with E-state index in [-0.39, 0.29) is 5.82 Å². The second-order valence-electron chi connectivity index (χ2n) is 3.74. The molecule has 0 amide bonds. The van der Waals surface area contributed by atoms with Crippen molar-refractivity contribution >= 4 is 27.7 Å². The molecule has 0 fully saturated rings. The fourth-order valence-electron chi connectivity index (χ4n) is 1.53. The van der Waals surface area contributed by atoms with E-state index in [0.29, 0.717) is 6.54 Å². The molecule has 2 rings (SSSR count). The third-order valence-corrected chi connectivity index (χ3v) is 3.63. The molecule has 1 aromatic heterocycles. The maximum atomic E-state index is 13.4. The summed E-state index contributed by atoms with van der Waals surface area (Å²) in [7, 11) is 1.84. The molecule has 1 aromatic carbocycles. The van der Waals surface area contributed by atoms with E-state index in [4.69, 9.17) is 0 Å². The highest BCUT2D eigenvalue weighted by Gasteiger charge is 2.03. The molecule has 0 radical (unpaired) electrons. The largest absolute Gasteiger partial charge is 0.316 e. The van der Waals surface area contributed by atoms with Crippen molar-refractivity contribution in [2.24, 2.45) is 0 Å². The minimum absolute atomic E-state index is 0.220. The van der Waals surface area contributed by atoms with Gasteiger partial charge in [0.1, 0.15) is 10.8 Å². The van der Waals surface area contributed by atoms with E-state index in [2.05, 4.69) is 26.2 Å². The average Bonchev–Trinajstić information content (AvgIpc) is 2.32. The second-order valence-corrected chi connectivity index (χ2v) is 5.75. The van der Waals surface area contributed by atoms with Crippen molar-refractivity contribution in [3.63, 3.8) is 0 Å². The summed E-state index contributed by atoms with van der Waals surface area (Å²) in [5, 5.41) is 3.86. The van der Waals surface area contributed by atoms with Crippen LogP contribution in [0.2, 0.25) is 0 Å². The molecular formula is C13H12BrFN2S. The van der Waals surface area contributed by atoms with Gasteiger partial charge in [-0.25, -0.2) is 9.37 Å². The fraction of sp³-hybridized carbons (Fsp3) is 0.154. The molecular weight excluding hydrogens is 315 g/mol. The zero-order valence-corrected chi connectivity index (χ0v) is 12.2. The summed E-state index contributed by atoms with van der Waals surface area (Å²) < 4.78 is 14.4. The second kappa shape index (κ2) is 6.31. The van der Waals surface area contributed by atoms with E-state index < -0.39 is 0 Å². The number of halogens is 2. The lowest BCUT2D eigenvalue weighted by Gasteiger charge is -2.05. The molecule has 0 bridgehead atoms. The average molecular weight is 327 g/mol. The molecule has 0 saturated carbocycles. The summed E-state index contributed by atoms with van der Waals surface area (Å²) in [6, 6.07) is 8.84. The monoisotopic (exact) mass is 326 g/mol. The molecule has 0 atom stereocenters. The van der Waals surface area contributed by atoms with Gasteiger partial charge < -0.3 is 5.32 Å². The van der Waals surface area contributed by atoms with Crippen LogP contribution in [0.5, 0.6) is 0 Å². The smallest absolute Gasteiger partial charge is 0.124 e. The Morgan fingerprint density at radius 3 is 2.83 bits per heavy atom. The number of benzene rings is 1. The van der Waals surface area contributed by atoms with Crippen LogP contribution in [-0.4, -0.2) is 12.0 Å². The number of hydrogen-bond donors (Lipinski definition) is 1. The first kappa shape index (κ1) is 13.5. The Morgan fingerprint density at radius 2 is 2.17 bits per heavy atom. The van der Waals surface area contributed by atoms with E-state index in [0.717, 1.165) is 20.0 Å². The topological polar surface area (TPSA) is 24.9 Å². The Labute approximate surface area is 118 Å². The van der Waals surface area contributed by atoms with Gasteiger partial charge in [-0.05, 0) is 58.9 Å². The van der Waals surface area contributed by atoms with Crippen LogP contribution in [0.25, 0.3) is 0 Å². The van der Waals surface area contributed by atoms with Crippen LogP contribution in [-0.2, 0) is 6.54 Å². The van der Waals surface area contributed by atoms with Gasteiger partial charge in [-0.15, -0.1) is 0 Å². The van der Waals surface area contributed by atoms with E-state index >= 15 is 0 Å². The van der Waals surface area contributed by atoms with Crippen LogP contribution < -0.4 is 5.32 Å². The Hall–Kier alpha value is -0.910. The van der Waals surface area contributed by atoms with Crippen molar-refractivity contribution in [2.45, 2.75) is 16.5 Å². The third-order valence-electron chi connectivity index (χ3n) is 2.23. The van der Waals surface area contributed by atoms with Gasteiger partial charge in [-0.3, -0.25) is 0 Å². The van der Waals surface area contributed by atoms with E-state index in [1.54, 1.807) is 6.20 Å². The van der Waals surface area contributed by atoms with Crippen LogP contribution >= 0.6 is 27.7 Å². The van der Waals surface area contributed by atoms with Crippen molar-refractivity contribution in [3.05, 3.63) is 52.4 Å². The van der Waals surface area contributed by atoms with E-state index in [9.17, 15) is 4.39 Å². The van der Waals surface area contributed by atoms with Crippen LogP contribution in [0.4, 0.5) is 4.39 Å². The summed E-state index contributed by atoms with van der Waals surface area (Å²) in [6.45, 7) is 0.652. The molecule has 18 heavy (non-hydrogen) atoms. The SMILES string of the molecule is CNCc1cc(F)cc(Sc2ccc(Br)cn2)c1. The van der Waals surface area contributed by atoms with Gasteiger partial charge in [-0.2, -0.15) is 0 Å². The molecule has 2 aromatic rings. The summed E-state index contributed by atoms with van der Waals surface area (Å²) in [4.78, 5) is 5.11. The van der Waals surface area contributed by atoms with Crippen LogP contribution in [0.1, 0.15) is 5.56 Å². The predicted octanol–water partition coefficient (Wildman–Crippen LogP) is 3.85. The lowest BCUT2D eigenvalue weighted by Crippen LogP contribution is -2.05. The van der Waals surface area contributed by atoms with Crippen LogP contribution in [0, 0.1) is 5.82 Å². The highest BCUT2D eigenvalue weighted by molar-refractivity contribution is 9.10. The van der Waals surface area contributed by atoms with Gasteiger partial charge in [0.2, 0.25) is 0 Å². The van der Waals surface area contributed by atoms with Crippen molar-refractivity contribution < 1.29 is 4.39 Å². The number of pyridine rings is 1. The Balaban J connectivity index is 2.20. The number of hydrogen-bond acceptors (Lipinski definition) is 3. The number of rotatable bonds is 4. The number of nitrogens with one attached hydrogen (secondary N) is 1. The molecule has 0 aliphatic rings. The summed E-state index contributed by atoms with van der Waals surface area (Å²) >= 11 is 4.79. The fourth-order valence-corrected chi connectivity index (χ4v) is 2.63. The van der Waals surface area contributed by atoms with Crippen molar-refractivity contribution in [1.82, 2.24) is 10.3 Å². The molecule has 0 saturated heterocycles. The standard InChI is InChI=1S/C13H12BrFN2S/c1-16-7-9-4-11(15)6-12(5-9)18-13-3-2-10(14)8-17-13/h2-6,8,16H,7H2,1H3. The molecule has 0 spiro atoms. The summed E-state index contributed by atoms with van der Waals surface area (Å²) in [5.41, 5.74) is 0.928. The highest BCUT2D eigenvalue weighted by atomic mass is 79.9. The Morgan fingerprint density at radius 1 is 1.33 bits per heavy atom. The molecule has 0 aliphatic heterocycles. The van der Waals surface area contributed by atoms with Crippen LogP contribution in [0.15, 0.2) is 50.9 Å². The van der Waals surface area contributed by atoms with E-state index in [1.807, 2.05) is 25.2 Å². The molecule has 1 N–H and O–H groups in total. The molecule has 94 valence electrons. The van der Waals surface area contributed by atoms with Crippen LogP contribution in [0.3, 0.4) is 0 Å². The van der Waals surface area contributed by atoms with Gasteiger partial charge in [0.15, 0.2) is 0 Å². The third kappa shape index (κ3) is 3.80. The normalized spacial score (nSPS) is 10.6. The maximum absolute atomic E-state index is 13.4. The zero-order valence-electron chi connectivity index (χ0n) is 9.78. The van der Waals surface area contributed by atoms with Gasteiger partial charge >= 0.3 is 0 Å². The van der Waals surface area contributed by atoms with Gasteiger partial charge in [0, 0.05) is 22.1 Å². The molecule has 5 heteroatoms. The number of aromatic nitrogens is 1. The minimum atomic E-state index is -0.220. The molecule has 0 unspecified atom stereocenters. The van der Waals surface area contributed by atoms with Crippen molar-refractivity contribution in [3.8, 4) is 0 Å². The minimum Gasteiger partial charge on any atom is -0.316 e. The molecule has 2 nitrogen and oxygen atoms in total. The first-order valence-corrected chi connectivity index (χ1v) is 7.02. The quantitative estimate of drug-likeness (QED) is 0.923. The van der Waals surface area contributed by atoms with Gasteiger partial charge in [-0.1, -0.05) is 11.8 Å². The van der Waals surface area contributed by atoms with Crippen molar-refractivity contribution in [1.29, 1.82) is 0 Å². The van der Waals surface area contributed by atoms with E-state index in [1.165, 1.54) is 23.9 Å². The Kier molecular flexibility index (Phi) is 4.74. The molecule has 0 aliphatic carbocycles. The predicted molar refractivity (Wildman–Crippen MR) is 75.2 cm³/mol. The lowest BCUT2D eigenvalue weighted by atomic mass is 10.2. The first-order chi connectivity index (χ1) is 8.67. The first-order valence-electron chi connectivity index (χ1n) is 5.41. The highest BCUT2D eigenvalue weighted by Crippen LogP contribution is 2.28. The van der Waals surface area contributed by atoms with Gasteiger partial charge in [0.05, 0.1) is 0 Å². The zero-order chi connectivity index (χ0) is 13.0. The lowest BCUT2D eigenvalue weighted by molar-refractivity contribution is 0.619. The Bertz CT molecular complexity index is 531. The summed E-state index contributed by atoms with van der Waals surface area (Å²) in [6.07, 6.45) is 1.73. The van der Waals surface area contributed by atoms with Gasteiger partial charge in [0.25, 0.3) is 0 Å². The number of nitrogens with zero attached hydrogens (tertiary/aromatic N) is 1. The molecule has 1 heterocycles. The van der Waals surface area contributed by atoms with Crippen molar-refractivity contribution in [2.75, 3.05) is 7.05 Å². The summed E-state index contributed by atoms with van der Waals surface area (Å²) in [5.74, 6) is -0.220. The maximum Gasteiger partial charge on any atom is 0.124 e.